The first-order valence-electron chi connectivity index (χ1n) is 8.89. The number of nitrogens with one attached hydrogen (secondary N) is 1. The van der Waals surface area contributed by atoms with Crippen molar-refractivity contribution in [1.82, 2.24) is 15.1 Å². The molecule has 1 saturated heterocycles. The normalized spacial score (nSPS) is 20.0. The molecule has 0 aliphatic carbocycles. The van der Waals surface area contributed by atoms with Gasteiger partial charge in [-0.25, -0.2) is 9.18 Å². The highest BCUT2D eigenvalue weighted by Crippen LogP contribution is 2.22. The van der Waals surface area contributed by atoms with Gasteiger partial charge in [0.2, 0.25) is 0 Å². The predicted molar refractivity (Wildman–Crippen MR) is 95.4 cm³/mol. The average Bonchev–Trinajstić information content (AvgIpc) is 2.59. The maximum atomic E-state index is 13.9. The lowest BCUT2D eigenvalue weighted by molar-refractivity contribution is 0.136. The van der Waals surface area contributed by atoms with Gasteiger partial charge in [0.25, 0.3) is 0 Å². The molecular weight excluding hydrogens is 305 g/mol. The molecule has 1 heterocycles. The molecule has 2 amide bonds. The highest BCUT2D eigenvalue weighted by Gasteiger charge is 2.24. The first kappa shape index (κ1) is 18.7. The van der Waals surface area contributed by atoms with Gasteiger partial charge in [-0.1, -0.05) is 18.2 Å². The molecule has 0 aromatic heterocycles. The second-order valence-corrected chi connectivity index (χ2v) is 7.09. The Morgan fingerprint density at radius 1 is 1.38 bits per heavy atom. The van der Waals surface area contributed by atoms with Crippen LogP contribution < -0.4 is 5.32 Å². The molecule has 0 unspecified atom stereocenters. The lowest BCUT2D eigenvalue weighted by Crippen LogP contribution is -2.46. The van der Waals surface area contributed by atoms with E-state index in [-0.39, 0.29) is 17.9 Å². The van der Waals surface area contributed by atoms with Gasteiger partial charge in [-0.3, -0.25) is 0 Å². The van der Waals surface area contributed by atoms with Crippen LogP contribution in [0.4, 0.5) is 9.18 Å². The molecule has 1 N–H and O–H groups in total. The monoisotopic (exact) mass is 335 g/mol. The third kappa shape index (κ3) is 4.69. The van der Waals surface area contributed by atoms with Gasteiger partial charge >= 0.3 is 6.03 Å². The summed E-state index contributed by atoms with van der Waals surface area (Å²) in [6.45, 7) is 9.13. The van der Waals surface area contributed by atoms with E-state index in [1.165, 1.54) is 12.5 Å². The van der Waals surface area contributed by atoms with E-state index in [0.717, 1.165) is 19.5 Å². The van der Waals surface area contributed by atoms with Crippen LogP contribution in [0.3, 0.4) is 0 Å². The average molecular weight is 335 g/mol. The first-order valence-corrected chi connectivity index (χ1v) is 8.89. The maximum Gasteiger partial charge on any atom is 0.317 e. The molecular formula is C19H30FN3O. The fraction of sp³-hybridized carbons (Fsp3) is 0.632. The van der Waals surface area contributed by atoms with Crippen molar-refractivity contribution in [2.75, 3.05) is 26.7 Å². The molecule has 4 nitrogen and oxygen atoms in total. The quantitative estimate of drug-likeness (QED) is 0.891. The number of benzene rings is 1. The summed E-state index contributed by atoms with van der Waals surface area (Å²) in [5.74, 6) is 0.215. The molecule has 1 aromatic rings. The van der Waals surface area contributed by atoms with E-state index in [4.69, 9.17) is 0 Å². The SMILES string of the molecule is CC(C)N1CCC[C@H](CNC(=O)N(C)[C@H](C)c2ccccc2F)C1. The van der Waals surface area contributed by atoms with E-state index < -0.39 is 0 Å². The minimum atomic E-state index is -0.301. The molecule has 0 saturated carbocycles. The molecule has 1 aliphatic rings. The smallest absolute Gasteiger partial charge is 0.317 e. The van der Waals surface area contributed by atoms with Gasteiger partial charge in [0.05, 0.1) is 6.04 Å². The number of likely N-dealkylation sites (tertiary alicyclic amines) is 1. The summed E-state index contributed by atoms with van der Waals surface area (Å²) < 4.78 is 13.9. The van der Waals surface area contributed by atoms with E-state index in [9.17, 15) is 9.18 Å². The molecule has 134 valence electrons. The van der Waals surface area contributed by atoms with Crippen LogP contribution in [0.2, 0.25) is 0 Å². The van der Waals surface area contributed by atoms with Gasteiger partial charge < -0.3 is 15.1 Å². The van der Waals surface area contributed by atoms with Crippen LogP contribution in [0, 0.1) is 11.7 Å². The zero-order valence-electron chi connectivity index (χ0n) is 15.3. The summed E-state index contributed by atoms with van der Waals surface area (Å²) in [5.41, 5.74) is 0.541. The molecule has 1 aliphatic heterocycles. The van der Waals surface area contributed by atoms with Crippen molar-refractivity contribution in [3.05, 3.63) is 35.6 Å². The van der Waals surface area contributed by atoms with Gasteiger partial charge in [0.1, 0.15) is 5.82 Å². The molecule has 5 heteroatoms. The number of carbonyl (C=O) groups excluding carboxylic acids is 1. The summed E-state index contributed by atoms with van der Waals surface area (Å²) in [5, 5.41) is 3.02. The number of nitrogens with zero attached hydrogens (tertiary/aromatic N) is 2. The van der Waals surface area contributed by atoms with Crippen molar-refractivity contribution >= 4 is 6.03 Å². The number of amides is 2. The Balaban J connectivity index is 1.86. The minimum absolute atomic E-state index is 0.146. The second-order valence-electron chi connectivity index (χ2n) is 7.09. The van der Waals surface area contributed by atoms with Crippen LogP contribution in [0.1, 0.15) is 45.2 Å². The second kappa shape index (κ2) is 8.47. The summed E-state index contributed by atoms with van der Waals surface area (Å²) in [4.78, 5) is 16.4. The van der Waals surface area contributed by atoms with Crippen LogP contribution in [0.25, 0.3) is 0 Å². The number of hydrogen-bond acceptors (Lipinski definition) is 2. The van der Waals surface area contributed by atoms with E-state index in [0.29, 0.717) is 24.1 Å². The Labute approximate surface area is 145 Å². The Morgan fingerprint density at radius 3 is 2.75 bits per heavy atom. The highest BCUT2D eigenvalue weighted by molar-refractivity contribution is 5.74. The molecule has 24 heavy (non-hydrogen) atoms. The van der Waals surface area contributed by atoms with Crippen LogP contribution in [0.15, 0.2) is 24.3 Å². The summed E-state index contributed by atoms with van der Waals surface area (Å²) in [7, 11) is 1.72. The van der Waals surface area contributed by atoms with Gasteiger partial charge in [0.15, 0.2) is 0 Å². The number of hydrogen-bond donors (Lipinski definition) is 1. The molecule has 0 spiro atoms. The van der Waals surface area contributed by atoms with Crippen molar-refractivity contribution < 1.29 is 9.18 Å². The van der Waals surface area contributed by atoms with Crippen LogP contribution in [-0.4, -0.2) is 48.6 Å². The van der Waals surface area contributed by atoms with Crippen LogP contribution >= 0.6 is 0 Å². The Morgan fingerprint density at radius 2 is 2.08 bits per heavy atom. The zero-order valence-corrected chi connectivity index (χ0v) is 15.3. The molecule has 1 fully saturated rings. The topological polar surface area (TPSA) is 35.6 Å². The number of carbonyl (C=O) groups is 1. The summed E-state index contributed by atoms with van der Waals surface area (Å²) >= 11 is 0. The van der Waals surface area contributed by atoms with Gasteiger partial charge in [-0.2, -0.15) is 0 Å². The molecule has 2 atom stereocenters. The van der Waals surface area contributed by atoms with E-state index >= 15 is 0 Å². The van der Waals surface area contributed by atoms with Crippen molar-refractivity contribution in [2.45, 2.75) is 45.7 Å². The lowest BCUT2D eigenvalue weighted by atomic mass is 9.97. The van der Waals surface area contributed by atoms with E-state index in [1.54, 1.807) is 30.1 Å². The maximum absolute atomic E-state index is 13.9. The van der Waals surface area contributed by atoms with Crippen molar-refractivity contribution in [3.8, 4) is 0 Å². The molecule has 2 rings (SSSR count). The minimum Gasteiger partial charge on any atom is -0.338 e. The number of halogens is 1. The third-order valence-electron chi connectivity index (χ3n) is 5.08. The standard InChI is InChI=1S/C19H30FN3O/c1-14(2)23-11-7-8-16(13-23)12-21-19(24)22(4)15(3)17-9-5-6-10-18(17)20/h5-6,9-10,14-16H,7-8,11-13H2,1-4H3,(H,21,24)/t15-,16-/m1/s1. The third-order valence-corrected chi connectivity index (χ3v) is 5.08. The van der Waals surface area contributed by atoms with Crippen molar-refractivity contribution in [2.24, 2.45) is 5.92 Å². The number of rotatable bonds is 5. The molecule has 0 bridgehead atoms. The van der Waals surface area contributed by atoms with E-state index in [1.807, 2.05) is 6.92 Å². The highest BCUT2D eigenvalue weighted by atomic mass is 19.1. The Kier molecular flexibility index (Phi) is 6.60. The Hall–Kier alpha value is -1.62. The number of urea groups is 1. The van der Waals surface area contributed by atoms with Gasteiger partial charge in [0, 0.05) is 31.7 Å². The van der Waals surface area contributed by atoms with Gasteiger partial charge in [-0.15, -0.1) is 0 Å². The summed E-state index contributed by atoms with van der Waals surface area (Å²) in [6, 6.07) is 6.72. The fourth-order valence-corrected chi connectivity index (χ4v) is 3.29. The zero-order chi connectivity index (χ0) is 17.7. The van der Waals surface area contributed by atoms with Crippen molar-refractivity contribution in [3.63, 3.8) is 0 Å². The van der Waals surface area contributed by atoms with Crippen LogP contribution in [0.5, 0.6) is 0 Å². The van der Waals surface area contributed by atoms with Crippen molar-refractivity contribution in [1.29, 1.82) is 0 Å². The Bertz CT molecular complexity index is 549. The number of piperidine rings is 1. The fourth-order valence-electron chi connectivity index (χ4n) is 3.29. The largest absolute Gasteiger partial charge is 0.338 e. The molecule has 0 radical (unpaired) electrons. The first-order chi connectivity index (χ1) is 11.4. The molecule has 1 aromatic carbocycles. The summed E-state index contributed by atoms with van der Waals surface area (Å²) in [6.07, 6.45) is 2.33. The van der Waals surface area contributed by atoms with Crippen LogP contribution in [-0.2, 0) is 0 Å². The van der Waals surface area contributed by atoms with Gasteiger partial charge in [-0.05, 0) is 52.1 Å². The predicted octanol–water partition coefficient (Wildman–Crippen LogP) is 3.65. The van der Waals surface area contributed by atoms with E-state index in [2.05, 4.69) is 24.1 Å². The lowest BCUT2D eigenvalue weighted by Gasteiger charge is -2.36.